The zero-order valence-electron chi connectivity index (χ0n) is 18.6. The van der Waals surface area contributed by atoms with Gasteiger partial charge in [0.1, 0.15) is 0 Å². The highest BCUT2D eigenvalue weighted by molar-refractivity contribution is 5.84. The Balaban J connectivity index is 1.46. The van der Waals surface area contributed by atoms with Crippen molar-refractivity contribution in [3.8, 4) is 23.0 Å². The van der Waals surface area contributed by atoms with Crippen LogP contribution < -0.4 is 0 Å². The molecule has 0 amide bonds. The van der Waals surface area contributed by atoms with E-state index in [1.54, 1.807) is 0 Å². The topological polar surface area (TPSA) is 99.0 Å². The lowest BCUT2D eigenvalue weighted by Gasteiger charge is -2.30. The van der Waals surface area contributed by atoms with Crippen LogP contribution in [0.2, 0.25) is 0 Å². The number of aliphatic carboxylic acids is 1. The minimum Gasteiger partial charge on any atom is -0.481 e. The fourth-order valence-corrected chi connectivity index (χ4v) is 4.62. The molecule has 8 nitrogen and oxygen atoms in total. The summed E-state index contributed by atoms with van der Waals surface area (Å²) in [4.78, 5) is 15.6. The number of hydrogen-bond donors (Lipinski definition) is 1. The summed E-state index contributed by atoms with van der Waals surface area (Å²) < 4.78 is 9.67. The Kier molecular flexibility index (Phi) is 4.87. The summed E-state index contributed by atoms with van der Waals surface area (Å²) in [5.74, 6) is 0.178. The van der Waals surface area contributed by atoms with Crippen molar-refractivity contribution in [3.63, 3.8) is 0 Å². The maximum absolute atomic E-state index is 10.9. The first-order chi connectivity index (χ1) is 15.3. The van der Waals surface area contributed by atoms with E-state index in [-0.39, 0.29) is 11.8 Å². The highest BCUT2D eigenvalue weighted by Crippen LogP contribution is 2.39. The number of carboxylic acids is 1. The van der Waals surface area contributed by atoms with E-state index in [1.807, 2.05) is 35.0 Å². The van der Waals surface area contributed by atoms with Gasteiger partial charge in [0.05, 0.1) is 6.42 Å². The predicted octanol–water partition coefficient (Wildman–Crippen LogP) is 4.56. The second kappa shape index (κ2) is 7.62. The quantitative estimate of drug-likeness (QED) is 0.478. The number of hydrogen-bond acceptors (Lipinski definition) is 5. The number of carboxylic acid groups (broad SMARTS) is 1. The molecule has 3 heterocycles. The van der Waals surface area contributed by atoms with Gasteiger partial charge in [-0.2, -0.15) is 10.1 Å². The zero-order chi connectivity index (χ0) is 22.5. The van der Waals surface area contributed by atoms with Gasteiger partial charge in [-0.05, 0) is 55.9 Å². The van der Waals surface area contributed by atoms with E-state index in [0.717, 1.165) is 48.0 Å². The van der Waals surface area contributed by atoms with E-state index in [0.29, 0.717) is 18.3 Å². The molecule has 5 rings (SSSR count). The molecule has 32 heavy (non-hydrogen) atoms. The standard InChI is InChI=1S/C24H27N5O3/c1-4-29-19-14-24(2,3)10-7-17(19)21(26-29)23-25-22(27-32-23)16-5-6-18-15(13-16)8-11-28(18)12-9-20(30)31/h5-6,8,11,13H,4,7,9-10,12,14H2,1-3H3,(H,30,31). The second-order valence-corrected chi connectivity index (χ2v) is 9.28. The summed E-state index contributed by atoms with van der Waals surface area (Å²) in [6, 6.07) is 7.89. The Morgan fingerprint density at radius 2 is 2.12 bits per heavy atom. The van der Waals surface area contributed by atoms with Crippen LogP contribution in [-0.2, 0) is 30.7 Å². The van der Waals surface area contributed by atoms with Gasteiger partial charge in [-0.25, -0.2) is 0 Å². The molecule has 3 aromatic heterocycles. The van der Waals surface area contributed by atoms with Crippen LogP contribution in [0, 0.1) is 5.41 Å². The van der Waals surface area contributed by atoms with Crippen molar-refractivity contribution in [2.45, 2.75) is 59.5 Å². The largest absolute Gasteiger partial charge is 0.481 e. The summed E-state index contributed by atoms with van der Waals surface area (Å²) in [6.45, 7) is 7.97. The van der Waals surface area contributed by atoms with Gasteiger partial charge in [0.15, 0.2) is 5.69 Å². The number of aromatic nitrogens is 5. The monoisotopic (exact) mass is 433 g/mol. The van der Waals surface area contributed by atoms with Gasteiger partial charge >= 0.3 is 5.97 Å². The van der Waals surface area contributed by atoms with Crippen molar-refractivity contribution < 1.29 is 14.4 Å². The van der Waals surface area contributed by atoms with Crippen molar-refractivity contribution >= 4 is 16.9 Å². The van der Waals surface area contributed by atoms with Gasteiger partial charge in [-0.1, -0.05) is 19.0 Å². The molecule has 166 valence electrons. The lowest BCUT2D eigenvalue weighted by molar-refractivity contribution is -0.137. The number of carbonyl (C=O) groups is 1. The first kappa shape index (κ1) is 20.5. The molecular formula is C24H27N5O3. The van der Waals surface area contributed by atoms with Crippen molar-refractivity contribution in [1.82, 2.24) is 24.5 Å². The molecule has 0 radical (unpaired) electrons. The predicted molar refractivity (Wildman–Crippen MR) is 120 cm³/mol. The average molecular weight is 434 g/mol. The van der Waals surface area contributed by atoms with E-state index in [4.69, 9.17) is 14.7 Å². The molecule has 0 bridgehead atoms. The Morgan fingerprint density at radius 1 is 1.28 bits per heavy atom. The Labute approximate surface area is 185 Å². The van der Waals surface area contributed by atoms with Crippen LogP contribution in [0.3, 0.4) is 0 Å². The smallest absolute Gasteiger partial charge is 0.305 e. The summed E-state index contributed by atoms with van der Waals surface area (Å²) in [5, 5.41) is 19.0. The van der Waals surface area contributed by atoms with E-state index in [9.17, 15) is 4.79 Å². The lowest BCUT2D eigenvalue weighted by atomic mass is 9.76. The number of rotatable bonds is 6. The van der Waals surface area contributed by atoms with Crippen molar-refractivity contribution in [1.29, 1.82) is 0 Å². The van der Waals surface area contributed by atoms with E-state index in [1.165, 1.54) is 11.3 Å². The van der Waals surface area contributed by atoms with Crippen LogP contribution in [-0.4, -0.2) is 35.6 Å². The Morgan fingerprint density at radius 3 is 2.91 bits per heavy atom. The third-order valence-electron chi connectivity index (χ3n) is 6.39. The van der Waals surface area contributed by atoms with Crippen LogP contribution in [0.5, 0.6) is 0 Å². The van der Waals surface area contributed by atoms with E-state index >= 15 is 0 Å². The number of benzene rings is 1. The molecular weight excluding hydrogens is 406 g/mol. The first-order valence-electron chi connectivity index (χ1n) is 11.1. The van der Waals surface area contributed by atoms with Crippen molar-refractivity contribution in [2.24, 2.45) is 5.41 Å². The minimum absolute atomic E-state index is 0.0889. The third-order valence-corrected chi connectivity index (χ3v) is 6.39. The molecule has 0 atom stereocenters. The number of nitrogens with zero attached hydrogens (tertiary/aromatic N) is 5. The zero-order valence-corrected chi connectivity index (χ0v) is 18.6. The molecule has 1 aromatic carbocycles. The van der Waals surface area contributed by atoms with Crippen LogP contribution in [0.15, 0.2) is 35.0 Å². The van der Waals surface area contributed by atoms with Gasteiger partial charge in [-0.3, -0.25) is 9.48 Å². The van der Waals surface area contributed by atoms with Gasteiger partial charge in [-0.15, -0.1) is 0 Å². The molecule has 4 aromatic rings. The first-order valence-corrected chi connectivity index (χ1v) is 11.1. The molecule has 0 fully saturated rings. The summed E-state index contributed by atoms with van der Waals surface area (Å²) in [5.41, 5.74) is 5.42. The molecule has 1 N–H and O–H groups in total. The highest BCUT2D eigenvalue weighted by atomic mass is 16.5. The van der Waals surface area contributed by atoms with Gasteiger partial charge in [0.2, 0.25) is 5.82 Å². The molecule has 8 heteroatoms. The Hall–Kier alpha value is -3.42. The van der Waals surface area contributed by atoms with Crippen LogP contribution in [0.25, 0.3) is 33.9 Å². The van der Waals surface area contributed by atoms with Crippen molar-refractivity contribution in [3.05, 3.63) is 41.7 Å². The molecule has 0 spiro atoms. The highest BCUT2D eigenvalue weighted by Gasteiger charge is 2.32. The summed E-state index contributed by atoms with van der Waals surface area (Å²) in [7, 11) is 0. The fourth-order valence-electron chi connectivity index (χ4n) is 4.62. The molecule has 1 aliphatic carbocycles. The summed E-state index contributed by atoms with van der Waals surface area (Å²) in [6.07, 6.45) is 5.07. The van der Waals surface area contributed by atoms with Crippen molar-refractivity contribution in [2.75, 3.05) is 0 Å². The minimum atomic E-state index is -0.806. The normalized spacial score (nSPS) is 15.2. The average Bonchev–Trinajstić information content (AvgIpc) is 3.47. The second-order valence-electron chi connectivity index (χ2n) is 9.28. The van der Waals surface area contributed by atoms with Gasteiger partial charge < -0.3 is 14.2 Å². The lowest BCUT2D eigenvalue weighted by Crippen LogP contribution is -2.24. The van der Waals surface area contributed by atoms with Gasteiger partial charge in [0, 0.05) is 47.0 Å². The van der Waals surface area contributed by atoms with Crippen LogP contribution >= 0.6 is 0 Å². The maximum Gasteiger partial charge on any atom is 0.305 e. The van der Waals surface area contributed by atoms with E-state index < -0.39 is 5.97 Å². The molecule has 1 aliphatic rings. The molecule has 0 unspecified atom stereocenters. The number of aryl methyl sites for hydroxylation is 2. The summed E-state index contributed by atoms with van der Waals surface area (Å²) >= 11 is 0. The molecule has 0 saturated heterocycles. The van der Waals surface area contributed by atoms with Gasteiger partial charge in [0.25, 0.3) is 5.89 Å². The van der Waals surface area contributed by atoms with E-state index in [2.05, 4.69) is 35.6 Å². The molecule has 0 saturated carbocycles. The Bertz CT molecular complexity index is 1310. The molecule has 0 aliphatic heterocycles. The number of fused-ring (bicyclic) bond motifs is 2. The van der Waals surface area contributed by atoms with Crippen LogP contribution in [0.1, 0.15) is 44.9 Å². The maximum atomic E-state index is 10.9. The van der Waals surface area contributed by atoms with Crippen LogP contribution in [0.4, 0.5) is 0 Å². The SMILES string of the molecule is CCn1nc(-c2nc(-c3ccc4c(ccn4CCC(=O)O)c3)no2)c2c1CC(C)(C)CC2. The fraction of sp³-hybridized carbons (Fsp3) is 0.417. The third kappa shape index (κ3) is 3.59.